The molecule has 3 nitrogen and oxygen atoms in total. The van der Waals surface area contributed by atoms with Crippen molar-refractivity contribution in [2.24, 2.45) is 22.2 Å². The van der Waals surface area contributed by atoms with Crippen LogP contribution in [0.2, 0.25) is 0 Å². The maximum absolute atomic E-state index is 14.1. The summed E-state index contributed by atoms with van der Waals surface area (Å²) in [5, 5.41) is 3.68. The molecule has 4 unspecified atom stereocenters. The monoisotopic (exact) mass is 404 g/mol. The third-order valence-electron chi connectivity index (χ3n) is 11.1. The molecule has 4 aliphatic carbocycles. The number of piperidine rings is 1. The van der Waals surface area contributed by atoms with E-state index in [2.05, 4.69) is 47.5 Å². The lowest BCUT2D eigenvalue weighted by molar-refractivity contribution is -0.135. The van der Waals surface area contributed by atoms with Crippen molar-refractivity contribution < 1.29 is 4.79 Å². The Balaban J connectivity index is 1.24. The second kappa shape index (κ2) is 5.71. The highest BCUT2D eigenvalue weighted by Crippen LogP contribution is 2.88. The number of rotatable bonds is 3. The van der Waals surface area contributed by atoms with E-state index in [0.29, 0.717) is 28.8 Å². The molecule has 0 aromatic heterocycles. The lowest BCUT2D eigenvalue weighted by Crippen LogP contribution is -2.61. The molecular formula is C27H36N2O. The Morgan fingerprint density at radius 3 is 2.63 bits per heavy atom. The van der Waals surface area contributed by atoms with Gasteiger partial charge in [-0.05, 0) is 99.6 Å². The quantitative estimate of drug-likeness (QED) is 0.795. The van der Waals surface area contributed by atoms with E-state index < -0.39 is 0 Å². The first kappa shape index (κ1) is 18.2. The van der Waals surface area contributed by atoms with Crippen LogP contribution in [0, 0.1) is 22.2 Å². The van der Waals surface area contributed by atoms with E-state index in [9.17, 15) is 4.79 Å². The van der Waals surface area contributed by atoms with Gasteiger partial charge in [0.2, 0.25) is 5.91 Å². The van der Waals surface area contributed by atoms with E-state index in [0.717, 1.165) is 25.2 Å². The van der Waals surface area contributed by atoms with E-state index in [1.807, 2.05) is 0 Å². The van der Waals surface area contributed by atoms with Crippen LogP contribution < -0.4 is 5.32 Å². The van der Waals surface area contributed by atoms with Crippen LogP contribution in [0.3, 0.4) is 0 Å². The molecule has 6 fully saturated rings. The zero-order valence-electron chi connectivity index (χ0n) is 18.5. The van der Waals surface area contributed by atoms with Crippen LogP contribution in [-0.4, -0.2) is 36.0 Å². The van der Waals surface area contributed by atoms with Crippen LogP contribution in [-0.2, 0) is 10.2 Å². The minimum atomic E-state index is -0.117. The molecule has 2 saturated heterocycles. The number of carbonyl (C=O) groups excluding carboxylic acids is 1. The largest absolute Gasteiger partial charge is 0.351 e. The van der Waals surface area contributed by atoms with Crippen LogP contribution in [0.5, 0.6) is 0 Å². The van der Waals surface area contributed by atoms with Gasteiger partial charge in [0.1, 0.15) is 0 Å². The van der Waals surface area contributed by atoms with Crippen LogP contribution in [0.4, 0.5) is 0 Å². The Morgan fingerprint density at radius 2 is 1.80 bits per heavy atom. The average Bonchev–Trinajstić information content (AvgIpc) is 3.33. The second-order valence-corrected chi connectivity index (χ2v) is 12.3. The van der Waals surface area contributed by atoms with Gasteiger partial charge in [-0.2, -0.15) is 0 Å². The molecule has 1 aromatic rings. The summed E-state index contributed by atoms with van der Waals surface area (Å²) in [6.07, 6.45) is 12.4. The molecule has 0 radical (unpaired) electrons. The van der Waals surface area contributed by atoms with Crippen LogP contribution in [0.25, 0.3) is 0 Å². The molecule has 3 bridgehead atoms. The second-order valence-electron chi connectivity index (χ2n) is 12.3. The Bertz CT molecular complexity index is 899. The topological polar surface area (TPSA) is 32.3 Å². The van der Waals surface area contributed by atoms with E-state index in [1.165, 1.54) is 63.6 Å². The van der Waals surface area contributed by atoms with Crippen LogP contribution in [0.1, 0.15) is 76.7 Å². The maximum atomic E-state index is 14.1. The maximum Gasteiger partial charge on any atom is 0.226 e. The SMILES string of the molecule is C[C@@]12CC3CC4(C(=O)N[C@@H]5CCCN6CCC[C@H]56)CC(c5ccccc5)(C1)C2(C3)C4. The molecule has 30 heavy (non-hydrogen) atoms. The molecule has 2 heterocycles. The first-order chi connectivity index (χ1) is 14.5. The van der Waals surface area contributed by atoms with Crippen molar-refractivity contribution in [3.8, 4) is 0 Å². The molecule has 1 aromatic carbocycles. The van der Waals surface area contributed by atoms with Crippen molar-refractivity contribution in [3.05, 3.63) is 35.9 Å². The lowest BCUT2D eigenvalue weighted by Gasteiger charge is -2.66. The smallest absolute Gasteiger partial charge is 0.226 e. The number of hydrogen-bond donors (Lipinski definition) is 1. The molecule has 1 N–H and O–H groups in total. The van der Waals surface area contributed by atoms with Gasteiger partial charge in [0.15, 0.2) is 0 Å². The van der Waals surface area contributed by atoms with E-state index in [1.54, 1.807) is 0 Å². The highest BCUT2D eigenvalue weighted by Gasteiger charge is 2.83. The van der Waals surface area contributed by atoms with Crippen molar-refractivity contribution in [3.63, 3.8) is 0 Å². The first-order valence-corrected chi connectivity index (χ1v) is 12.6. The summed E-state index contributed by atoms with van der Waals surface area (Å²) < 4.78 is 0. The van der Waals surface area contributed by atoms with Crippen molar-refractivity contribution >= 4 is 5.91 Å². The van der Waals surface area contributed by atoms with Crippen molar-refractivity contribution in [2.75, 3.05) is 13.1 Å². The van der Waals surface area contributed by atoms with Gasteiger partial charge in [-0.25, -0.2) is 0 Å². The van der Waals surface area contributed by atoms with Crippen molar-refractivity contribution in [1.29, 1.82) is 0 Å². The highest BCUT2D eigenvalue weighted by molar-refractivity contribution is 5.85. The predicted molar refractivity (Wildman–Crippen MR) is 118 cm³/mol. The minimum absolute atomic E-state index is 0.117. The lowest BCUT2D eigenvalue weighted by atomic mass is 9.38. The van der Waals surface area contributed by atoms with Gasteiger partial charge in [0.25, 0.3) is 0 Å². The number of fused-ring (bicyclic) bond motifs is 3. The fourth-order valence-corrected chi connectivity index (χ4v) is 10.4. The normalized spacial score (nSPS) is 50.8. The van der Waals surface area contributed by atoms with Crippen LogP contribution in [0.15, 0.2) is 30.3 Å². The summed E-state index contributed by atoms with van der Waals surface area (Å²) in [5.41, 5.74) is 2.48. The number of amides is 1. The Hall–Kier alpha value is -1.35. The molecule has 6 aliphatic rings. The standard InChI is InChI=1S/C27H36N2O/c1-24-13-19-14-25(23(30)28-21-9-5-11-29-12-6-10-22(21)29)17-26(16-24,27(24,15-19)18-25)20-7-3-2-4-8-20/h2-4,7-8,19,21-22H,5-6,9-18H2,1H3,(H,28,30)/t19?,21-,22-,24-,25?,26?,27?/m1/s1. The van der Waals surface area contributed by atoms with Gasteiger partial charge in [-0.3, -0.25) is 9.69 Å². The number of benzene rings is 1. The van der Waals surface area contributed by atoms with E-state index in [-0.39, 0.29) is 10.8 Å². The number of nitrogens with one attached hydrogen (secondary N) is 1. The van der Waals surface area contributed by atoms with Crippen LogP contribution >= 0.6 is 0 Å². The third-order valence-corrected chi connectivity index (χ3v) is 11.1. The minimum Gasteiger partial charge on any atom is -0.351 e. The Kier molecular flexibility index (Phi) is 3.47. The number of hydrogen-bond acceptors (Lipinski definition) is 2. The van der Waals surface area contributed by atoms with Gasteiger partial charge in [-0.15, -0.1) is 0 Å². The summed E-state index contributed by atoms with van der Waals surface area (Å²) >= 11 is 0. The first-order valence-electron chi connectivity index (χ1n) is 12.6. The van der Waals surface area contributed by atoms with Gasteiger partial charge < -0.3 is 5.32 Å². The molecule has 7 rings (SSSR count). The number of carbonyl (C=O) groups is 1. The Labute approximate surface area is 181 Å². The summed E-state index contributed by atoms with van der Waals surface area (Å²) in [4.78, 5) is 16.7. The van der Waals surface area contributed by atoms with Gasteiger partial charge in [0.05, 0.1) is 5.41 Å². The summed E-state index contributed by atoms with van der Waals surface area (Å²) in [7, 11) is 0. The molecule has 1 amide bonds. The average molecular weight is 405 g/mol. The van der Waals surface area contributed by atoms with Gasteiger partial charge in [0, 0.05) is 17.5 Å². The van der Waals surface area contributed by atoms with Gasteiger partial charge in [-0.1, -0.05) is 37.3 Å². The zero-order valence-corrected chi connectivity index (χ0v) is 18.5. The van der Waals surface area contributed by atoms with Crippen molar-refractivity contribution in [1.82, 2.24) is 10.2 Å². The van der Waals surface area contributed by atoms with Gasteiger partial charge >= 0.3 is 0 Å². The fraction of sp³-hybridized carbons (Fsp3) is 0.741. The van der Waals surface area contributed by atoms with E-state index >= 15 is 0 Å². The molecule has 1 spiro atoms. The Morgan fingerprint density at radius 1 is 1.00 bits per heavy atom. The molecule has 3 heteroatoms. The van der Waals surface area contributed by atoms with E-state index in [4.69, 9.17) is 0 Å². The summed E-state index contributed by atoms with van der Waals surface area (Å²) in [5.74, 6) is 1.19. The number of nitrogens with zero attached hydrogens (tertiary/aromatic N) is 1. The fourth-order valence-electron chi connectivity index (χ4n) is 10.4. The molecular weight excluding hydrogens is 368 g/mol. The predicted octanol–water partition coefficient (Wildman–Crippen LogP) is 4.66. The zero-order chi connectivity index (χ0) is 20.2. The molecule has 4 saturated carbocycles. The summed E-state index contributed by atoms with van der Waals surface area (Å²) in [6.45, 7) is 5.04. The molecule has 2 aliphatic heterocycles. The summed E-state index contributed by atoms with van der Waals surface area (Å²) in [6, 6.07) is 12.3. The van der Waals surface area contributed by atoms with Crippen molar-refractivity contribution in [2.45, 2.75) is 88.6 Å². The highest BCUT2D eigenvalue weighted by atomic mass is 16.2. The molecule has 7 atom stereocenters. The third kappa shape index (κ3) is 2.00. The molecule has 160 valence electrons.